The van der Waals surface area contributed by atoms with Gasteiger partial charge in [0.15, 0.2) is 29.2 Å². The lowest BCUT2D eigenvalue weighted by Crippen LogP contribution is -2.40. The Labute approximate surface area is 178 Å². The van der Waals surface area contributed by atoms with Crippen LogP contribution in [0.1, 0.15) is 28.4 Å². The number of carbonyl (C=O) groups is 3. The number of amides is 2. The number of carbonyl (C=O) groups excluding carboxylic acids is 2. The fourth-order valence-electron chi connectivity index (χ4n) is 2.70. The van der Waals surface area contributed by atoms with Crippen LogP contribution < -0.4 is 21.7 Å². The predicted molar refractivity (Wildman–Crippen MR) is 104 cm³/mol. The van der Waals surface area contributed by atoms with Crippen molar-refractivity contribution in [3.63, 3.8) is 0 Å². The third-order valence-corrected chi connectivity index (χ3v) is 4.02. The van der Waals surface area contributed by atoms with Gasteiger partial charge in [0.05, 0.1) is 24.6 Å². The van der Waals surface area contributed by atoms with Crippen LogP contribution in [0.2, 0.25) is 0 Å². The van der Waals surface area contributed by atoms with E-state index in [9.17, 15) is 31.9 Å². The Kier molecular flexibility index (Phi) is 7.71. The number of halogens is 4. The second-order valence-corrected chi connectivity index (χ2v) is 6.40. The molecule has 0 aliphatic rings. The Morgan fingerprint density at radius 3 is 2.25 bits per heavy atom. The Morgan fingerprint density at radius 1 is 1.06 bits per heavy atom. The first kappa shape index (κ1) is 24.1. The lowest BCUT2D eigenvalue weighted by Gasteiger charge is -2.19. The van der Waals surface area contributed by atoms with Crippen LogP contribution >= 0.6 is 0 Å². The molecule has 0 fully saturated rings. The molecule has 0 heterocycles. The first-order valence-corrected chi connectivity index (χ1v) is 8.83. The van der Waals surface area contributed by atoms with E-state index in [0.717, 1.165) is 0 Å². The van der Waals surface area contributed by atoms with Crippen LogP contribution in [0.3, 0.4) is 0 Å². The number of carboxylic acid groups (broad SMARTS) is 1. The van der Waals surface area contributed by atoms with E-state index in [1.165, 1.54) is 24.3 Å². The molecule has 2 rings (SSSR count). The van der Waals surface area contributed by atoms with Gasteiger partial charge in [0, 0.05) is 17.3 Å². The topological polar surface area (TPSA) is 157 Å². The molecule has 0 bridgehead atoms. The summed E-state index contributed by atoms with van der Waals surface area (Å²) in [5, 5.41) is 22.7. The van der Waals surface area contributed by atoms with Crippen molar-refractivity contribution in [2.75, 3.05) is 11.9 Å². The number of hydrogen-bond donors (Lipinski definition) is 6. The maximum absolute atomic E-state index is 14.0. The van der Waals surface area contributed by atoms with Gasteiger partial charge in [-0.1, -0.05) is 6.07 Å². The normalized spacial score (nSPS) is 11.4. The molecule has 170 valence electrons. The number of benzene rings is 2. The molecule has 2 aromatic rings. The molecule has 32 heavy (non-hydrogen) atoms. The highest BCUT2D eigenvalue weighted by Crippen LogP contribution is 2.27. The Balaban J connectivity index is 2.13. The summed E-state index contributed by atoms with van der Waals surface area (Å²) in [6, 6.07) is 3.68. The van der Waals surface area contributed by atoms with Crippen molar-refractivity contribution in [3.8, 4) is 0 Å². The summed E-state index contributed by atoms with van der Waals surface area (Å²) in [5.74, 6) is -11.1. The number of aliphatic carboxylic acids is 1. The van der Waals surface area contributed by atoms with Gasteiger partial charge in [-0.15, -0.1) is 0 Å². The van der Waals surface area contributed by atoms with E-state index in [1.807, 2.05) is 5.32 Å². The van der Waals surface area contributed by atoms with Gasteiger partial charge < -0.3 is 26.8 Å². The molecule has 7 N–H and O–H groups in total. The highest BCUT2D eigenvalue weighted by molar-refractivity contribution is 5.98. The van der Waals surface area contributed by atoms with Crippen molar-refractivity contribution >= 4 is 29.4 Å². The van der Waals surface area contributed by atoms with Crippen molar-refractivity contribution in [1.82, 2.24) is 10.6 Å². The fourth-order valence-corrected chi connectivity index (χ4v) is 2.70. The van der Waals surface area contributed by atoms with Crippen LogP contribution in [0.5, 0.6) is 0 Å². The summed E-state index contributed by atoms with van der Waals surface area (Å²) in [5.41, 5.74) is 4.28. The van der Waals surface area contributed by atoms with E-state index in [0.29, 0.717) is 5.69 Å². The Bertz CT molecular complexity index is 1050. The zero-order chi connectivity index (χ0) is 24.0. The van der Waals surface area contributed by atoms with E-state index in [4.69, 9.17) is 16.2 Å². The van der Waals surface area contributed by atoms with Gasteiger partial charge in [0.2, 0.25) is 5.91 Å². The van der Waals surface area contributed by atoms with Crippen LogP contribution in [-0.2, 0) is 9.59 Å². The fraction of sp³-hybridized carbons (Fsp3) is 0.158. The van der Waals surface area contributed by atoms with E-state index >= 15 is 0 Å². The highest BCUT2D eigenvalue weighted by Gasteiger charge is 2.29. The van der Waals surface area contributed by atoms with Crippen LogP contribution in [0.15, 0.2) is 30.3 Å². The van der Waals surface area contributed by atoms with Crippen molar-refractivity contribution in [2.24, 2.45) is 5.73 Å². The van der Waals surface area contributed by atoms with Gasteiger partial charge >= 0.3 is 5.97 Å². The summed E-state index contributed by atoms with van der Waals surface area (Å²) < 4.78 is 55.0. The maximum Gasteiger partial charge on any atom is 0.305 e. The molecule has 0 spiro atoms. The smallest absolute Gasteiger partial charge is 0.305 e. The number of rotatable bonds is 8. The second-order valence-electron chi connectivity index (χ2n) is 6.40. The van der Waals surface area contributed by atoms with Crippen molar-refractivity contribution in [1.29, 1.82) is 5.41 Å². The molecule has 2 amide bonds. The minimum Gasteiger partial charge on any atom is -0.481 e. The minimum absolute atomic E-state index is 0.0525. The lowest BCUT2D eigenvalue weighted by molar-refractivity contribution is -0.137. The predicted octanol–water partition coefficient (Wildman–Crippen LogP) is 1.61. The molecule has 1 atom stereocenters. The zero-order valence-corrected chi connectivity index (χ0v) is 16.1. The van der Waals surface area contributed by atoms with E-state index in [2.05, 4.69) is 10.6 Å². The summed E-state index contributed by atoms with van der Waals surface area (Å²) in [4.78, 5) is 35.4. The largest absolute Gasteiger partial charge is 0.481 e. The van der Waals surface area contributed by atoms with Crippen molar-refractivity contribution in [3.05, 3.63) is 64.7 Å². The third kappa shape index (κ3) is 6.17. The standard InChI is InChI=1S/C19H17F4N5O4/c20-10-5-11(21)17(23)15(16(10)22)12(6-14(30)31)28-13(29)7-26-18(32)8-2-1-3-9(4-8)27-19(24)25/h1-5,12H,6-7H2,(H,26,32)(H,28,29)(H,30,31)(H4,24,25,27). The van der Waals surface area contributed by atoms with Crippen LogP contribution in [0.25, 0.3) is 0 Å². The number of carboxylic acids is 1. The molecular weight excluding hydrogens is 438 g/mol. The van der Waals surface area contributed by atoms with Gasteiger partial charge in [-0.3, -0.25) is 19.8 Å². The number of anilines is 1. The Morgan fingerprint density at radius 2 is 1.69 bits per heavy atom. The first-order chi connectivity index (χ1) is 15.0. The molecule has 0 saturated carbocycles. The molecule has 1 unspecified atom stereocenters. The van der Waals surface area contributed by atoms with Gasteiger partial charge in [-0.05, 0) is 18.2 Å². The molecule has 0 aromatic heterocycles. The Hall–Kier alpha value is -4.16. The van der Waals surface area contributed by atoms with Crippen molar-refractivity contribution in [2.45, 2.75) is 12.5 Å². The van der Waals surface area contributed by atoms with Gasteiger partial charge in [-0.25, -0.2) is 17.6 Å². The van der Waals surface area contributed by atoms with Crippen LogP contribution in [0.4, 0.5) is 23.2 Å². The minimum atomic E-state index is -1.95. The van der Waals surface area contributed by atoms with Crippen LogP contribution in [0, 0.1) is 28.7 Å². The average molecular weight is 455 g/mol. The summed E-state index contributed by atoms with van der Waals surface area (Å²) in [7, 11) is 0. The number of nitrogens with two attached hydrogens (primary N) is 1. The molecule has 0 saturated heterocycles. The zero-order valence-electron chi connectivity index (χ0n) is 16.1. The summed E-state index contributed by atoms with van der Waals surface area (Å²) in [6.07, 6.45) is -1.09. The quantitative estimate of drug-likeness (QED) is 0.154. The molecule has 13 heteroatoms. The van der Waals surface area contributed by atoms with Gasteiger partial charge in [0.1, 0.15) is 0 Å². The second kappa shape index (κ2) is 10.2. The monoisotopic (exact) mass is 455 g/mol. The molecule has 0 aliphatic heterocycles. The first-order valence-electron chi connectivity index (χ1n) is 8.83. The average Bonchev–Trinajstić information content (AvgIpc) is 2.70. The summed E-state index contributed by atoms with van der Waals surface area (Å²) >= 11 is 0. The molecular formula is C19H17F4N5O4. The number of hydrogen-bond acceptors (Lipinski definition) is 4. The van der Waals surface area contributed by atoms with Gasteiger partial charge in [-0.2, -0.15) is 0 Å². The summed E-state index contributed by atoms with van der Waals surface area (Å²) in [6.45, 7) is -0.750. The molecule has 0 aliphatic carbocycles. The number of nitrogens with one attached hydrogen (secondary N) is 4. The maximum atomic E-state index is 14.0. The highest BCUT2D eigenvalue weighted by atomic mass is 19.2. The lowest BCUT2D eigenvalue weighted by atomic mass is 10.0. The molecule has 2 aromatic carbocycles. The van der Waals surface area contributed by atoms with E-state index in [1.54, 1.807) is 0 Å². The SMILES string of the molecule is N=C(N)Nc1cccc(C(=O)NCC(=O)NC(CC(=O)O)c2c(F)c(F)cc(F)c2F)c1. The third-order valence-electron chi connectivity index (χ3n) is 4.02. The van der Waals surface area contributed by atoms with Crippen molar-refractivity contribution < 1.29 is 37.1 Å². The van der Waals surface area contributed by atoms with E-state index < -0.39 is 65.6 Å². The molecule has 0 radical (unpaired) electrons. The van der Waals surface area contributed by atoms with Crippen LogP contribution in [-0.4, -0.2) is 35.4 Å². The number of guanidine groups is 1. The van der Waals surface area contributed by atoms with E-state index in [-0.39, 0.29) is 17.6 Å². The molecule has 9 nitrogen and oxygen atoms in total. The van der Waals surface area contributed by atoms with Gasteiger partial charge in [0.25, 0.3) is 5.91 Å².